The minimum absolute atomic E-state index is 0.186. The maximum absolute atomic E-state index is 11.1. The zero-order chi connectivity index (χ0) is 9.14. The first kappa shape index (κ1) is 9.03. The third kappa shape index (κ3) is 1.57. The Bertz CT molecular complexity index is 199. The largest absolute Gasteiger partial charge is 0.326 e. The van der Waals surface area contributed by atoms with Crippen LogP contribution in [0.25, 0.3) is 0 Å². The van der Waals surface area contributed by atoms with Crippen molar-refractivity contribution in [2.75, 3.05) is 0 Å². The molecule has 0 aliphatic carbocycles. The molecule has 0 radical (unpaired) electrons. The second kappa shape index (κ2) is 3.56. The van der Waals surface area contributed by atoms with Gasteiger partial charge >= 0.3 is 6.03 Å². The lowest BCUT2D eigenvalue weighted by atomic mass is 9.94. The maximum Gasteiger partial charge on any atom is 0.322 e. The Morgan fingerprint density at radius 1 is 1.33 bits per heavy atom. The molecule has 1 saturated heterocycles. The molecule has 1 aliphatic heterocycles. The van der Waals surface area contributed by atoms with E-state index in [-0.39, 0.29) is 23.9 Å². The van der Waals surface area contributed by atoms with Crippen LogP contribution >= 0.6 is 0 Å². The number of rotatable bonds is 3. The maximum atomic E-state index is 11.1. The van der Waals surface area contributed by atoms with E-state index in [2.05, 4.69) is 10.6 Å². The lowest BCUT2D eigenvalue weighted by Gasteiger charge is -2.16. The predicted octanol–water partition coefficient (Wildman–Crippen LogP) is 0.631. The van der Waals surface area contributed by atoms with E-state index < -0.39 is 0 Å². The Hall–Kier alpha value is -1.06. The number of carbonyl (C=O) groups excluding carboxylic acids is 2. The normalized spacial score (nSPS) is 22.8. The van der Waals surface area contributed by atoms with Crippen LogP contribution in [0, 0.1) is 5.92 Å². The fraction of sp³-hybridized carbons (Fsp3) is 0.750. The summed E-state index contributed by atoms with van der Waals surface area (Å²) in [5.41, 5.74) is 0. The van der Waals surface area contributed by atoms with Crippen LogP contribution in [0.2, 0.25) is 0 Å². The third-order valence-electron chi connectivity index (χ3n) is 2.33. The van der Waals surface area contributed by atoms with Gasteiger partial charge in [0.15, 0.2) is 0 Å². The molecule has 0 aromatic carbocycles. The van der Waals surface area contributed by atoms with Crippen LogP contribution in [-0.2, 0) is 4.79 Å². The number of imide groups is 1. The van der Waals surface area contributed by atoms with Crippen molar-refractivity contribution in [1.29, 1.82) is 0 Å². The molecule has 0 aromatic rings. The van der Waals surface area contributed by atoms with Gasteiger partial charge in [0.05, 0.1) is 0 Å². The van der Waals surface area contributed by atoms with Crippen LogP contribution in [0.15, 0.2) is 0 Å². The number of urea groups is 1. The topological polar surface area (TPSA) is 58.2 Å². The standard InChI is InChI=1S/C8H14N2O2/c1-3-5(4-2)6-7(11)10-8(12)9-6/h5-6H,3-4H2,1-2H3,(H2,9,10,11,12)/t6-/m1/s1. The molecule has 1 fully saturated rings. The van der Waals surface area contributed by atoms with Crippen molar-refractivity contribution in [1.82, 2.24) is 10.6 Å². The van der Waals surface area contributed by atoms with E-state index >= 15 is 0 Å². The summed E-state index contributed by atoms with van der Waals surface area (Å²) in [7, 11) is 0. The number of carbonyl (C=O) groups is 2. The minimum Gasteiger partial charge on any atom is -0.326 e. The quantitative estimate of drug-likeness (QED) is 0.610. The molecule has 2 N–H and O–H groups in total. The summed E-state index contributed by atoms with van der Waals surface area (Å²) in [6.07, 6.45) is 1.82. The molecule has 3 amide bonds. The highest BCUT2D eigenvalue weighted by molar-refractivity contribution is 6.04. The molecule has 4 nitrogen and oxygen atoms in total. The average Bonchev–Trinajstić information content (AvgIpc) is 2.34. The van der Waals surface area contributed by atoms with Gasteiger partial charge in [-0.15, -0.1) is 0 Å². The molecule has 1 heterocycles. The first-order chi connectivity index (χ1) is 5.69. The number of hydrogen-bond acceptors (Lipinski definition) is 2. The molecule has 0 bridgehead atoms. The van der Waals surface area contributed by atoms with E-state index in [0.717, 1.165) is 12.8 Å². The number of nitrogens with one attached hydrogen (secondary N) is 2. The number of amides is 3. The molecule has 0 unspecified atom stereocenters. The van der Waals surface area contributed by atoms with Crippen molar-refractivity contribution < 1.29 is 9.59 Å². The summed E-state index contributed by atoms with van der Waals surface area (Å²) in [5.74, 6) is 0.0742. The average molecular weight is 170 g/mol. The smallest absolute Gasteiger partial charge is 0.322 e. The lowest BCUT2D eigenvalue weighted by molar-refractivity contribution is -0.121. The summed E-state index contributed by atoms with van der Waals surface area (Å²) >= 11 is 0. The zero-order valence-electron chi connectivity index (χ0n) is 7.39. The Balaban J connectivity index is 2.62. The van der Waals surface area contributed by atoms with Gasteiger partial charge in [-0.05, 0) is 5.92 Å². The van der Waals surface area contributed by atoms with E-state index in [1.807, 2.05) is 13.8 Å². The SMILES string of the molecule is CCC(CC)[C@H]1NC(=O)NC1=O. The number of hydrogen-bond donors (Lipinski definition) is 2. The Morgan fingerprint density at radius 3 is 2.25 bits per heavy atom. The predicted molar refractivity (Wildman–Crippen MR) is 44.5 cm³/mol. The fourth-order valence-corrected chi connectivity index (χ4v) is 1.52. The second-order valence-corrected chi connectivity index (χ2v) is 3.02. The molecule has 0 saturated carbocycles. The Morgan fingerprint density at radius 2 is 1.92 bits per heavy atom. The van der Waals surface area contributed by atoms with Crippen LogP contribution in [0.4, 0.5) is 4.79 Å². The van der Waals surface area contributed by atoms with Crippen LogP contribution in [0.3, 0.4) is 0 Å². The molecule has 1 atom stereocenters. The van der Waals surface area contributed by atoms with Gasteiger partial charge in [-0.25, -0.2) is 4.79 Å². The molecule has 4 heteroatoms. The van der Waals surface area contributed by atoms with E-state index in [4.69, 9.17) is 0 Å². The lowest BCUT2D eigenvalue weighted by Crippen LogP contribution is -2.36. The van der Waals surface area contributed by atoms with Crippen molar-refractivity contribution in [2.45, 2.75) is 32.7 Å². The van der Waals surface area contributed by atoms with Gasteiger partial charge < -0.3 is 5.32 Å². The first-order valence-corrected chi connectivity index (χ1v) is 4.30. The highest BCUT2D eigenvalue weighted by Gasteiger charge is 2.34. The van der Waals surface area contributed by atoms with Crippen LogP contribution in [-0.4, -0.2) is 18.0 Å². The van der Waals surface area contributed by atoms with Gasteiger partial charge in [-0.2, -0.15) is 0 Å². The van der Waals surface area contributed by atoms with Crippen LogP contribution in [0.5, 0.6) is 0 Å². The molecular formula is C8H14N2O2. The van der Waals surface area contributed by atoms with Gasteiger partial charge in [0.2, 0.25) is 0 Å². The van der Waals surface area contributed by atoms with E-state index in [1.165, 1.54) is 0 Å². The highest BCUT2D eigenvalue weighted by atomic mass is 16.2. The molecular weight excluding hydrogens is 156 g/mol. The van der Waals surface area contributed by atoms with E-state index in [0.29, 0.717) is 0 Å². The van der Waals surface area contributed by atoms with Crippen molar-refractivity contribution in [3.63, 3.8) is 0 Å². The molecule has 1 aliphatic rings. The molecule has 12 heavy (non-hydrogen) atoms. The molecule has 68 valence electrons. The Kier molecular flexibility index (Phi) is 2.68. The van der Waals surface area contributed by atoms with Gasteiger partial charge in [-0.1, -0.05) is 26.7 Å². The summed E-state index contributed by atoms with van der Waals surface area (Å²) in [6, 6.07) is -0.676. The van der Waals surface area contributed by atoms with E-state index in [1.54, 1.807) is 0 Å². The van der Waals surface area contributed by atoms with Crippen molar-refractivity contribution in [3.8, 4) is 0 Å². The monoisotopic (exact) mass is 170 g/mol. The Labute approximate surface area is 71.7 Å². The van der Waals surface area contributed by atoms with Crippen LogP contribution in [0.1, 0.15) is 26.7 Å². The van der Waals surface area contributed by atoms with Crippen LogP contribution < -0.4 is 10.6 Å². The molecule has 0 spiro atoms. The summed E-state index contributed by atoms with van der Waals surface area (Å²) < 4.78 is 0. The second-order valence-electron chi connectivity index (χ2n) is 3.02. The summed E-state index contributed by atoms with van der Waals surface area (Å²) in [4.78, 5) is 21.9. The third-order valence-corrected chi connectivity index (χ3v) is 2.33. The van der Waals surface area contributed by atoms with Gasteiger partial charge in [0, 0.05) is 0 Å². The van der Waals surface area contributed by atoms with Crippen molar-refractivity contribution >= 4 is 11.9 Å². The first-order valence-electron chi connectivity index (χ1n) is 4.30. The molecule has 1 rings (SSSR count). The van der Waals surface area contributed by atoms with Gasteiger partial charge in [0.1, 0.15) is 6.04 Å². The van der Waals surface area contributed by atoms with E-state index in [9.17, 15) is 9.59 Å². The highest BCUT2D eigenvalue weighted by Crippen LogP contribution is 2.15. The van der Waals surface area contributed by atoms with Gasteiger partial charge in [0.25, 0.3) is 5.91 Å². The fourth-order valence-electron chi connectivity index (χ4n) is 1.52. The van der Waals surface area contributed by atoms with Crippen molar-refractivity contribution in [2.24, 2.45) is 5.92 Å². The summed E-state index contributed by atoms with van der Waals surface area (Å²) in [5, 5.41) is 4.83. The summed E-state index contributed by atoms with van der Waals surface area (Å²) in [6.45, 7) is 4.04. The van der Waals surface area contributed by atoms with Crippen molar-refractivity contribution in [3.05, 3.63) is 0 Å². The molecule has 0 aromatic heterocycles. The van der Waals surface area contributed by atoms with Gasteiger partial charge in [-0.3, -0.25) is 10.1 Å². The zero-order valence-corrected chi connectivity index (χ0v) is 7.39. The minimum atomic E-state index is -0.364.